The van der Waals surface area contributed by atoms with Crippen LogP contribution in [0.1, 0.15) is 51.8 Å². The van der Waals surface area contributed by atoms with Crippen LogP contribution in [0.15, 0.2) is 65.1 Å². The maximum Gasteiger partial charge on any atom is 0.144 e. The number of aromatic nitrogens is 1. The number of rotatable bonds is 3. The highest BCUT2D eigenvalue weighted by Crippen LogP contribution is 2.40. The number of furan rings is 1. The van der Waals surface area contributed by atoms with E-state index in [9.17, 15) is 4.39 Å². The number of para-hydroxylation sites is 1. The molecule has 0 atom stereocenters. The maximum absolute atomic E-state index is 14.3. The van der Waals surface area contributed by atoms with Crippen molar-refractivity contribution in [2.75, 3.05) is 0 Å². The lowest BCUT2D eigenvalue weighted by Crippen LogP contribution is -2.11. The van der Waals surface area contributed by atoms with Crippen LogP contribution in [0.25, 0.3) is 44.0 Å². The smallest absolute Gasteiger partial charge is 0.144 e. The van der Waals surface area contributed by atoms with Crippen LogP contribution < -0.4 is 0 Å². The summed E-state index contributed by atoms with van der Waals surface area (Å²) in [5.74, 6) is 0.0811. The molecule has 2 heterocycles. The SMILES string of the molecule is CC(C)c1cc(-c2nc(CC(C)(C)C)cc3ccc(F)cc23)c2oc3ccccc3c2c1. The molecular formula is C29H28FNO. The van der Waals surface area contributed by atoms with Crippen LogP contribution in [0, 0.1) is 11.2 Å². The molecule has 0 N–H and O–H groups in total. The second-order valence-electron chi connectivity index (χ2n) is 10.3. The Labute approximate surface area is 188 Å². The monoisotopic (exact) mass is 425 g/mol. The molecule has 32 heavy (non-hydrogen) atoms. The van der Waals surface area contributed by atoms with Gasteiger partial charge in [-0.2, -0.15) is 0 Å². The zero-order chi connectivity index (χ0) is 22.6. The number of hydrogen-bond donors (Lipinski definition) is 0. The van der Waals surface area contributed by atoms with E-state index in [0.29, 0.717) is 5.92 Å². The van der Waals surface area contributed by atoms with E-state index in [1.54, 1.807) is 6.07 Å². The van der Waals surface area contributed by atoms with Gasteiger partial charge in [-0.1, -0.05) is 58.9 Å². The van der Waals surface area contributed by atoms with Gasteiger partial charge in [-0.05, 0) is 65.1 Å². The van der Waals surface area contributed by atoms with Crippen molar-refractivity contribution in [3.63, 3.8) is 0 Å². The van der Waals surface area contributed by atoms with Gasteiger partial charge in [0.2, 0.25) is 0 Å². The summed E-state index contributed by atoms with van der Waals surface area (Å²) in [5.41, 5.74) is 5.68. The fourth-order valence-corrected chi connectivity index (χ4v) is 4.47. The molecule has 162 valence electrons. The molecule has 0 aliphatic rings. The van der Waals surface area contributed by atoms with E-state index in [2.05, 4.69) is 58.9 Å². The molecule has 0 saturated carbocycles. The Morgan fingerprint density at radius 2 is 1.69 bits per heavy atom. The van der Waals surface area contributed by atoms with E-state index in [1.165, 1.54) is 11.6 Å². The summed E-state index contributed by atoms with van der Waals surface area (Å²) in [6, 6.07) is 19.6. The highest BCUT2D eigenvalue weighted by molar-refractivity contribution is 6.12. The Bertz CT molecular complexity index is 1470. The van der Waals surface area contributed by atoms with Gasteiger partial charge in [-0.3, -0.25) is 4.98 Å². The molecule has 0 fully saturated rings. The lowest BCUT2D eigenvalue weighted by Gasteiger charge is -2.19. The molecule has 5 aromatic rings. The number of hydrogen-bond acceptors (Lipinski definition) is 2. The van der Waals surface area contributed by atoms with E-state index in [0.717, 1.165) is 56.1 Å². The number of nitrogens with zero attached hydrogens (tertiary/aromatic N) is 1. The molecule has 0 aliphatic heterocycles. The molecule has 0 amide bonds. The molecule has 2 aromatic heterocycles. The summed E-state index contributed by atoms with van der Waals surface area (Å²) in [5, 5.41) is 3.97. The topological polar surface area (TPSA) is 26.0 Å². The van der Waals surface area contributed by atoms with Crippen molar-refractivity contribution in [3.8, 4) is 11.3 Å². The van der Waals surface area contributed by atoms with Crippen LogP contribution in [-0.2, 0) is 6.42 Å². The third-order valence-corrected chi connectivity index (χ3v) is 5.98. The zero-order valence-corrected chi connectivity index (χ0v) is 19.3. The van der Waals surface area contributed by atoms with Crippen molar-refractivity contribution in [1.29, 1.82) is 0 Å². The summed E-state index contributed by atoms with van der Waals surface area (Å²) in [4.78, 5) is 5.09. The van der Waals surface area contributed by atoms with E-state index in [-0.39, 0.29) is 11.2 Å². The Morgan fingerprint density at radius 1 is 0.906 bits per heavy atom. The number of pyridine rings is 1. The lowest BCUT2D eigenvalue weighted by molar-refractivity contribution is 0.407. The summed E-state index contributed by atoms with van der Waals surface area (Å²) in [7, 11) is 0. The van der Waals surface area contributed by atoms with Crippen LogP contribution >= 0.6 is 0 Å². The van der Waals surface area contributed by atoms with E-state index in [1.807, 2.05) is 24.3 Å². The van der Waals surface area contributed by atoms with Crippen molar-refractivity contribution < 1.29 is 8.81 Å². The van der Waals surface area contributed by atoms with Gasteiger partial charge >= 0.3 is 0 Å². The number of fused-ring (bicyclic) bond motifs is 4. The molecule has 2 nitrogen and oxygen atoms in total. The first-order valence-electron chi connectivity index (χ1n) is 11.2. The molecule has 0 unspecified atom stereocenters. The van der Waals surface area contributed by atoms with Crippen molar-refractivity contribution in [2.24, 2.45) is 5.41 Å². The zero-order valence-electron chi connectivity index (χ0n) is 19.3. The summed E-state index contributed by atoms with van der Waals surface area (Å²) in [6.45, 7) is 11.0. The van der Waals surface area contributed by atoms with Crippen LogP contribution in [0.2, 0.25) is 0 Å². The number of benzene rings is 3. The second-order valence-corrected chi connectivity index (χ2v) is 10.3. The molecule has 3 aromatic carbocycles. The minimum Gasteiger partial charge on any atom is -0.455 e. The maximum atomic E-state index is 14.3. The van der Waals surface area contributed by atoms with E-state index < -0.39 is 0 Å². The van der Waals surface area contributed by atoms with Gasteiger partial charge in [0.1, 0.15) is 17.0 Å². The Kier molecular flexibility index (Phi) is 4.81. The first-order chi connectivity index (χ1) is 15.2. The lowest BCUT2D eigenvalue weighted by atomic mass is 9.89. The fraction of sp³-hybridized carbons (Fsp3) is 0.276. The average Bonchev–Trinajstić information content (AvgIpc) is 3.10. The number of halogens is 1. The van der Waals surface area contributed by atoms with Crippen LogP contribution in [0.5, 0.6) is 0 Å². The molecule has 0 radical (unpaired) electrons. The van der Waals surface area contributed by atoms with E-state index in [4.69, 9.17) is 9.40 Å². The van der Waals surface area contributed by atoms with Gasteiger partial charge in [-0.15, -0.1) is 0 Å². The van der Waals surface area contributed by atoms with Gasteiger partial charge in [0.15, 0.2) is 0 Å². The van der Waals surface area contributed by atoms with Crippen molar-refractivity contribution in [3.05, 3.63) is 77.7 Å². The highest BCUT2D eigenvalue weighted by Gasteiger charge is 2.20. The molecule has 5 rings (SSSR count). The third-order valence-electron chi connectivity index (χ3n) is 5.98. The minimum absolute atomic E-state index is 0.0897. The molecule has 0 aliphatic carbocycles. The Balaban J connectivity index is 1.90. The molecule has 0 bridgehead atoms. The quantitative estimate of drug-likeness (QED) is 0.289. The van der Waals surface area contributed by atoms with Crippen molar-refractivity contribution >= 4 is 32.7 Å². The minimum atomic E-state index is -0.259. The highest BCUT2D eigenvalue weighted by atomic mass is 19.1. The summed E-state index contributed by atoms with van der Waals surface area (Å²) >= 11 is 0. The molecule has 0 spiro atoms. The average molecular weight is 426 g/mol. The van der Waals surface area contributed by atoms with Crippen molar-refractivity contribution in [1.82, 2.24) is 4.98 Å². The first-order valence-corrected chi connectivity index (χ1v) is 11.2. The second kappa shape index (κ2) is 7.44. The summed E-state index contributed by atoms with van der Waals surface area (Å²) < 4.78 is 20.7. The predicted octanol–water partition coefficient (Wildman–Crippen LogP) is 8.65. The van der Waals surface area contributed by atoms with Gasteiger partial charge in [0.05, 0.1) is 5.69 Å². The normalized spacial score (nSPS) is 12.5. The van der Waals surface area contributed by atoms with Gasteiger partial charge < -0.3 is 4.42 Å². The first kappa shape index (κ1) is 20.7. The van der Waals surface area contributed by atoms with Gasteiger partial charge in [0, 0.05) is 27.4 Å². The van der Waals surface area contributed by atoms with Crippen LogP contribution in [0.4, 0.5) is 4.39 Å². The predicted molar refractivity (Wildman–Crippen MR) is 132 cm³/mol. The molecule has 0 saturated heterocycles. The third kappa shape index (κ3) is 3.66. The van der Waals surface area contributed by atoms with Crippen molar-refractivity contribution in [2.45, 2.75) is 47.0 Å². The Morgan fingerprint density at radius 3 is 2.44 bits per heavy atom. The van der Waals surface area contributed by atoms with E-state index >= 15 is 0 Å². The largest absolute Gasteiger partial charge is 0.455 e. The van der Waals surface area contributed by atoms with Crippen LogP contribution in [0.3, 0.4) is 0 Å². The van der Waals surface area contributed by atoms with Gasteiger partial charge in [0.25, 0.3) is 0 Å². The summed E-state index contributed by atoms with van der Waals surface area (Å²) in [6.07, 6.45) is 0.834. The molecular weight excluding hydrogens is 397 g/mol. The standard InChI is InChI=1S/C29H28FNO/c1-17(2)19-13-24-22-8-6-7-9-26(22)32-28(24)25(14-19)27-23-15-20(30)11-10-18(23)12-21(31-27)16-29(3,4)5/h6-15,17H,16H2,1-5H3. The van der Waals surface area contributed by atoms with Gasteiger partial charge in [-0.25, -0.2) is 4.39 Å². The fourth-order valence-electron chi connectivity index (χ4n) is 4.47. The Hall–Kier alpha value is -3.20. The van der Waals surface area contributed by atoms with Crippen LogP contribution in [-0.4, -0.2) is 4.98 Å². The molecule has 3 heteroatoms.